The molecule has 0 saturated carbocycles. The molecule has 4 N–H and O–H groups in total. The lowest BCUT2D eigenvalue weighted by atomic mass is 9.95. The number of hydrazine groups is 1. The molecule has 1 heterocycles. The van der Waals surface area contributed by atoms with E-state index in [1.165, 1.54) is 24.3 Å². The molecule has 1 fully saturated rings. The molecule has 1 unspecified atom stereocenters. The molecule has 0 bridgehead atoms. The number of sulfonamides is 1. The van der Waals surface area contributed by atoms with E-state index >= 15 is 0 Å². The van der Waals surface area contributed by atoms with Crippen molar-refractivity contribution >= 4 is 32.7 Å². The molecule has 2 aromatic carbocycles. The molecule has 1 saturated heterocycles. The third-order valence-electron chi connectivity index (χ3n) is 5.64. The maximum Gasteiger partial charge on any atom is 0.313 e. The van der Waals surface area contributed by atoms with Gasteiger partial charge in [-0.3, -0.25) is 9.59 Å². The zero-order valence-corrected chi connectivity index (χ0v) is 20.0. The van der Waals surface area contributed by atoms with Crippen molar-refractivity contribution in [3.8, 4) is 5.75 Å². The number of aliphatic carboxylic acids is 1. The maximum absolute atomic E-state index is 12.3. The Hall–Kier alpha value is -2.50. The van der Waals surface area contributed by atoms with E-state index in [0.29, 0.717) is 23.8 Å². The molecule has 1 aliphatic rings. The van der Waals surface area contributed by atoms with Crippen molar-refractivity contribution in [3.63, 3.8) is 0 Å². The Morgan fingerprint density at radius 3 is 2.35 bits per heavy atom. The van der Waals surface area contributed by atoms with Gasteiger partial charge in [0, 0.05) is 5.56 Å². The molecule has 0 radical (unpaired) electrons. The van der Waals surface area contributed by atoms with Crippen LogP contribution in [0.3, 0.4) is 0 Å². The largest absolute Gasteiger partial charge is 0.494 e. The highest BCUT2D eigenvalue weighted by Gasteiger charge is 2.31. The summed E-state index contributed by atoms with van der Waals surface area (Å²) in [5, 5.41) is 11.8. The van der Waals surface area contributed by atoms with Crippen molar-refractivity contribution in [2.45, 2.75) is 30.7 Å². The Labute approximate surface area is 203 Å². The second-order valence-corrected chi connectivity index (χ2v) is 10.1. The van der Waals surface area contributed by atoms with Crippen LogP contribution in [0.15, 0.2) is 54.6 Å². The third kappa shape index (κ3) is 7.25. The smallest absolute Gasteiger partial charge is 0.313 e. The van der Waals surface area contributed by atoms with Gasteiger partial charge in [0.25, 0.3) is 15.1 Å². The summed E-state index contributed by atoms with van der Waals surface area (Å²) in [5.41, 5.74) is 1.17. The Morgan fingerprint density at radius 1 is 1.09 bits per heavy atom. The number of ether oxygens (including phenoxy) is 1. The summed E-state index contributed by atoms with van der Waals surface area (Å²) < 4.78 is 30.3. The molecule has 1 aliphatic heterocycles. The Kier molecular flexibility index (Phi) is 9.43. The number of alkyl halides is 1. The van der Waals surface area contributed by atoms with E-state index in [1.807, 2.05) is 4.83 Å². The molecule has 0 aromatic heterocycles. The molecule has 0 amide bonds. The van der Waals surface area contributed by atoms with Gasteiger partial charge >= 0.3 is 5.97 Å². The van der Waals surface area contributed by atoms with Crippen LogP contribution in [0.2, 0.25) is 0 Å². The van der Waals surface area contributed by atoms with Crippen molar-refractivity contribution in [1.29, 1.82) is 0 Å². The number of carboxylic acids is 1. The fourth-order valence-electron chi connectivity index (χ4n) is 3.71. The van der Waals surface area contributed by atoms with Crippen molar-refractivity contribution in [3.05, 3.63) is 65.7 Å². The molecule has 2 atom stereocenters. The van der Waals surface area contributed by atoms with Crippen molar-refractivity contribution in [2.75, 3.05) is 19.7 Å². The van der Waals surface area contributed by atoms with Crippen LogP contribution in [0, 0.1) is 5.92 Å². The fraction of sp³-hybridized carbons (Fsp3) is 0.391. The van der Waals surface area contributed by atoms with Gasteiger partial charge in [0.1, 0.15) is 17.2 Å². The Balaban J connectivity index is 1.56. The second-order valence-electron chi connectivity index (χ2n) is 8.02. The van der Waals surface area contributed by atoms with Gasteiger partial charge in [-0.05, 0) is 56.0 Å². The normalized spacial score (nSPS) is 16.5. The van der Waals surface area contributed by atoms with Crippen molar-refractivity contribution < 1.29 is 27.9 Å². The predicted octanol–water partition coefficient (Wildman–Crippen LogP) is 2.45. The maximum atomic E-state index is 12.3. The standard InChI is InChI=1S/C23H28ClN3O6S/c24-21(26-27-34(31,32)23(30)18-4-2-1-3-5-18)20(22(28)29)17-6-8-19(9-7-17)33-15-12-16-10-13-25-14-11-16/h1-9,16,20-21,25-27H,10-15H2,(H,28,29)/t20-,21?/m1/s1. The SMILES string of the molecule is O=C(O)[C@H](c1ccc(OCCC2CCNCC2)cc1)C(Cl)NNS(=O)(=O)C(=O)c1ccccc1. The lowest BCUT2D eigenvalue weighted by molar-refractivity contribution is -0.139. The second kappa shape index (κ2) is 12.3. The average molecular weight is 510 g/mol. The van der Waals surface area contributed by atoms with Crippen LogP contribution in [0.1, 0.15) is 41.1 Å². The first-order valence-electron chi connectivity index (χ1n) is 10.9. The summed E-state index contributed by atoms with van der Waals surface area (Å²) in [5.74, 6) is -1.31. The molecule has 2 aromatic rings. The first-order chi connectivity index (χ1) is 16.3. The number of benzene rings is 2. The van der Waals surface area contributed by atoms with Crippen LogP contribution in [-0.4, -0.2) is 49.8 Å². The van der Waals surface area contributed by atoms with E-state index in [0.717, 1.165) is 32.4 Å². The highest BCUT2D eigenvalue weighted by Crippen LogP contribution is 2.25. The third-order valence-corrected chi connectivity index (χ3v) is 7.11. The molecular formula is C23H28ClN3O6S. The molecular weight excluding hydrogens is 482 g/mol. The van der Waals surface area contributed by atoms with E-state index in [2.05, 4.69) is 10.7 Å². The van der Waals surface area contributed by atoms with Gasteiger partial charge in [0.15, 0.2) is 0 Å². The summed E-state index contributed by atoms with van der Waals surface area (Å²) in [6, 6.07) is 13.9. The first-order valence-corrected chi connectivity index (χ1v) is 12.9. The number of carbonyl (C=O) groups is 2. The fourth-order valence-corrected chi connectivity index (χ4v) is 4.91. The summed E-state index contributed by atoms with van der Waals surface area (Å²) in [7, 11) is -4.48. The summed E-state index contributed by atoms with van der Waals surface area (Å²) in [6.07, 6.45) is 3.22. The van der Waals surface area contributed by atoms with E-state index < -0.39 is 32.5 Å². The van der Waals surface area contributed by atoms with Gasteiger partial charge in [0.2, 0.25) is 0 Å². The quantitative estimate of drug-likeness (QED) is 0.206. The molecule has 9 nitrogen and oxygen atoms in total. The van der Waals surface area contributed by atoms with Crippen LogP contribution in [0.25, 0.3) is 0 Å². The van der Waals surface area contributed by atoms with Crippen LogP contribution < -0.4 is 20.3 Å². The number of rotatable bonds is 11. The topological polar surface area (TPSA) is 134 Å². The van der Waals surface area contributed by atoms with Gasteiger partial charge in [-0.2, -0.15) is 0 Å². The minimum atomic E-state index is -4.48. The number of hydrogen-bond acceptors (Lipinski definition) is 7. The predicted molar refractivity (Wildman–Crippen MR) is 128 cm³/mol. The molecule has 3 rings (SSSR count). The van der Waals surface area contributed by atoms with Gasteiger partial charge in [0.05, 0.1) is 6.61 Å². The highest BCUT2D eigenvalue weighted by molar-refractivity contribution is 8.04. The number of piperidine rings is 1. The van der Waals surface area contributed by atoms with Gasteiger partial charge in [-0.1, -0.05) is 42.5 Å². The number of carboxylic acid groups (broad SMARTS) is 1. The lowest BCUT2D eigenvalue weighted by Crippen LogP contribution is -2.48. The Bertz CT molecular complexity index is 1060. The first kappa shape index (κ1) is 26.1. The van der Waals surface area contributed by atoms with Crippen molar-refractivity contribution in [2.24, 2.45) is 5.92 Å². The minimum Gasteiger partial charge on any atom is -0.494 e. The number of carbonyl (C=O) groups excluding carboxylic acids is 1. The molecule has 34 heavy (non-hydrogen) atoms. The zero-order valence-electron chi connectivity index (χ0n) is 18.4. The van der Waals surface area contributed by atoms with Crippen LogP contribution >= 0.6 is 11.6 Å². The van der Waals surface area contributed by atoms with Crippen LogP contribution in [-0.2, 0) is 14.8 Å². The summed E-state index contributed by atoms with van der Waals surface area (Å²) in [6.45, 7) is 2.63. The number of nitrogens with one attached hydrogen (secondary N) is 3. The van der Waals surface area contributed by atoms with E-state index in [9.17, 15) is 23.1 Å². The molecule has 184 valence electrons. The molecule has 0 aliphatic carbocycles. The summed E-state index contributed by atoms with van der Waals surface area (Å²) >= 11 is 6.18. The van der Waals surface area contributed by atoms with E-state index in [4.69, 9.17) is 16.3 Å². The van der Waals surface area contributed by atoms with E-state index in [-0.39, 0.29) is 5.56 Å². The van der Waals surface area contributed by atoms with Crippen molar-refractivity contribution in [1.82, 2.24) is 15.6 Å². The van der Waals surface area contributed by atoms with Crippen LogP contribution in [0.5, 0.6) is 5.75 Å². The monoisotopic (exact) mass is 509 g/mol. The molecule has 11 heteroatoms. The van der Waals surface area contributed by atoms with Crippen LogP contribution in [0.4, 0.5) is 0 Å². The highest BCUT2D eigenvalue weighted by atomic mass is 35.5. The Morgan fingerprint density at radius 2 is 1.74 bits per heavy atom. The van der Waals surface area contributed by atoms with E-state index in [1.54, 1.807) is 30.3 Å². The minimum absolute atomic E-state index is 0.0338. The lowest BCUT2D eigenvalue weighted by Gasteiger charge is -2.22. The van der Waals surface area contributed by atoms with Gasteiger partial charge < -0.3 is 15.2 Å². The van der Waals surface area contributed by atoms with Gasteiger partial charge in [-0.25, -0.2) is 13.8 Å². The summed E-state index contributed by atoms with van der Waals surface area (Å²) in [4.78, 5) is 25.9. The van der Waals surface area contributed by atoms with Gasteiger partial charge in [-0.15, -0.1) is 16.4 Å². The zero-order chi connectivity index (χ0) is 24.6. The average Bonchev–Trinajstić information content (AvgIpc) is 2.84. The number of hydrogen-bond donors (Lipinski definition) is 4. The number of halogens is 1. The molecule has 0 spiro atoms.